The molecule has 1 aliphatic rings. The Bertz CT molecular complexity index is 324. The fraction of sp³-hybridized carbons (Fsp3) is 0.727. The number of rotatable bonds is 1. The normalized spacial score (nSPS) is 18.8. The third kappa shape index (κ3) is 1.74. The molecule has 0 atom stereocenters. The van der Waals surface area contributed by atoms with Gasteiger partial charge in [0.1, 0.15) is 4.60 Å². The summed E-state index contributed by atoms with van der Waals surface area (Å²) in [7, 11) is 2.00. The summed E-state index contributed by atoms with van der Waals surface area (Å²) in [5.41, 5.74) is 2.65. The van der Waals surface area contributed by atoms with E-state index in [2.05, 4.69) is 28.0 Å². The highest BCUT2D eigenvalue weighted by molar-refractivity contribution is 9.10. The molecule has 2 rings (SSSR count). The Kier molecular flexibility index (Phi) is 2.96. The van der Waals surface area contributed by atoms with Crippen LogP contribution in [0.25, 0.3) is 0 Å². The minimum absolute atomic E-state index is 0.742. The number of aromatic nitrogens is 2. The molecule has 1 saturated carbocycles. The summed E-state index contributed by atoms with van der Waals surface area (Å²) >= 11 is 3.64. The first-order chi connectivity index (χ1) is 6.70. The lowest BCUT2D eigenvalue weighted by Crippen LogP contribution is -2.05. The fourth-order valence-electron chi connectivity index (χ4n) is 2.50. The Morgan fingerprint density at radius 1 is 1.29 bits per heavy atom. The molecule has 78 valence electrons. The summed E-state index contributed by atoms with van der Waals surface area (Å²) in [6, 6.07) is 0. The highest BCUT2D eigenvalue weighted by atomic mass is 79.9. The zero-order valence-electron chi connectivity index (χ0n) is 8.89. The molecule has 1 aliphatic carbocycles. The molecule has 0 unspecified atom stereocenters. The summed E-state index contributed by atoms with van der Waals surface area (Å²) < 4.78 is 3.13. The smallest absolute Gasteiger partial charge is 0.107 e. The molecule has 2 nitrogen and oxygen atoms in total. The predicted molar refractivity (Wildman–Crippen MR) is 61.5 cm³/mol. The number of halogens is 1. The molecule has 0 aliphatic heterocycles. The van der Waals surface area contributed by atoms with Gasteiger partial charge in [-0.25, -0.2) is 0 Å². The van der Waals surface area contributed by atoms with Crippen LogP contribution in [-0.2, 0) is 7.05 Å². The van der Waals surface area contributed by atoms with E-state index in [4.69, 9.17) is 0 Å². The van der Waals surface area contributed by atoms with Gasteiger partial charge in [-0.05, 0) is 41.6 Å². The van der Waals surface area contributed by atoms with Gasteiger partial charge < -0.3 is 0 Å². The van der Waals surface area contributed by atoms with Crippen LogP contribution in [0.5, 0.6) is 0 Å². The molecule has 1 aromatic heterocycles. The molecule has 1 aromatic rings. The van der Waals surface area contributed by atoms with Crippen LogP contribution in [0.2, 0.25) is 0 Å². The highest BCUT2D eigenvalue weighted by Crippen LogP contribution is 2.37. The molecular weight excluding hydrogens is 240 g/mol. The second kappa shape index (κ2) is 4.05. The fourth-order valence-corrected chi connectivity index (χ4v) is 3.19. The molecule has 0 aromatic carbocycles. The quantitative estimate of drug-likeness (QED) is 0.752. The van der Waals surface area contributed by atoms with E-state index in [9.17, 15) is 0 Å². The lowest BCUT2D eigenvalue weighted by atomic mass is 9.84. The molecule has 0 amide bonds. The van der Waals surface area contributed by atoms with E-state index < -0.39 is 0 Å². The topological polar surface area (TPSA) is 17.8 Å². The second-order valence-electron chi connectivity index (χ2n) is 4.25. The maximum absolute atomic E-state index is 4.46. The molecule has 1 fully saturated rings. The molecule has 0 saturated heterocycles. The molecule has 0 spiro atoms. The Hall–Kier alpha value is -0.310. The van der Waals surface area contributed by atoms with Gasteiger partial charge in [-0.1, -0.05) is 19.3 Å². The maximum Gasteiger partial charge on any atom is 0.107 e. The molecule has 0 radical (unpaired) electrons. The lowest BCUT2D eigenvalue weighted by molar-refractivity contribution is 0.441. The first-order valence-electron chi connectivity index (χ1n) is 5.39. The van der Waals surface area contributed by atoms with Crippen molar-refractivity contribution in [2.45, 2.75) is 44.9 Å². The Morgan fingerprint density at radius 3 is 2.43 bits per heavy atom. The van der Waals surface area contributed by atoms with Crippen LogP contribution in [0, 0.1) is 6.92 Å². The van der Waals surface area contributed by atoms with Gasteiger partial charge in [0, 0.05) is 12.6 Å². The van der Waals surface area contributed by atoms with E-state index in [0.29, 0.717) is 0 Å². The van der Waals surface area contributed by atoms with Gasteiger partial charge in [0.25, 0.3) is 0 Å². The minimum Gasteiger partial charge on any atom is -0.261 e. The van der Waals surface area contributed by atoms with E-state index in [1.807, 2.05) is 11.7 Å². The van der Waals surface area contributed by atoms with Crippen LogP contribution in [0.4, 0.5) is 0 Å². The molecule has 3 heteroatoms. The Morgan fingerprint density at radius 2 is 1.93 bits per heavy atom. The van der Waals surface area contributed by atoms with Gasteiger partial charge in [-0.15, -0.1) is 0 Å². The minimum atomic E-state index is 0.742. The third-order valence-electron chi connectivity index (χ3n) is 3.21. The number of aryl methyl sites for hydroxylation is 2. The highest BCUT2D eigenvalue weighted by Gasteiger charge is 2.22. The molecule has 0 N–H and O–H groups in total. The number of hydrogen-bond donors (Lipinski definition) is 0. The van der Waals surface area contributed by atoms with Crippen molar-refractivity contribution < 1.29 is 0 Å². The summed E-state index contributed by atoms with van der Waals surface area (Å²) in [6.07, 6.45) is 6.85. The van der Waals surface area contributed by atoms with Crippen molar-refractivity contribution >= 4 is 15.9 Å². The number of hydrogen-bond acceptors (Lipinski definition) is 1. The van der Waals surface area contributed by atoms with E-state index >= 15 is 0 Å². The molecule has 14 heavy (non-hydrogen) atoms. The van der Waals surface area contributed by atoms with Crippen molar-refractivity contribution in [3.63, 3.8) is 0 Å². The van der Waals surface area contributed by atoms with Crippen LogP contribution in [0.1, 0.15) is 49.3 Å². The Balaban J connectivity index is 2.29. The van der Waals surface area contributed by atoms with E-state index in [-0.39, 0.29) is 0 Å². The lowest BCUT2D eigenvalue weighted by Gasteiger charge is -2.21. The monoisotopic (exact) mass is 256 g/mol. The summed E-state index contributed by atoms with van der Waals surface area (Å²) in [4.78, 5) is 0. The van der Waals surface area contributed by atoms with Gasteiger partial charge in [0.2, 0.25) is 0 Å². The molecule has 0 bridgehead atoms. The summed E-state index contributed by atoms with van der Waals surface area (Å²) in [6.45, 7) is 2.12. The Labute approximate surface area is 93.8 Å². The van der Waals surface area contributed by atoms with E-state index in [1.165, 1.54) is 48.0 Å². The van der Waals surface area contributed by atoms with Gasteiger partial charge in [-0.2, -0.15) is 5.10 Å². The van der Waals surface area contributed by atoms with Crippen molar-refractivity contribution in [1.29, 1.82) is 0 Å². The average molecular weight is 257 g/mol. The SMILES string of the molecule is Cc1nn(C)c(Br)c1C1CCCCC1. The molecule has 1 heterocycles. The maximum atomic E-state index is 4.46. The van der Waals surface area contributed by atoms with Crippen LogP contribution >= 0.6 is 15.9 Å². The third-order valence-corrected chi connectivity index (χ3v) is 4.15. The zero-order chi connectivity index (χ0) is 10.1. The van der Waals surface area contributed by atoms with Crippen LogP contribution < -0.4 is 0 Å². The largest absolute Gasteiger partial charge is 0.261 e. The summed E-state index contributed by atoms with van der Waals surface area (Å²) in [5.74, 6) is 0.742. The first-order valence-corrected chi connectivity index (χ1v) is 6.18. The van der Waals surface area contributed by atoms with Crippen LogP contribution in [0.15, 0.2) is 4.60 Å². The first kappa shape index (κ1) is 10.2. The van der Waals surface area contributed by atoms with Gasteiger partial charge in [0.15, 0.2) is 0 Å². The van der Waals surface area contributed by atoms with Gasteiger partial charge in [-0.3, -0.25) is 4.68 Å². The van der Waals surface area contributed by atoms with Crippen LogP contribution in [-0.4, -0.2) is 9.78 Å². The summed E-state index contributed by atoms with van der Waals surface area (Å²) in [5, 5.41) is 4.46. The second-order valence-corrected chi connectivity index (χ2v) is 5.00. The van der Waals surface area contributed by atoms with Crippen molar-refractivity contribution in [1.82, 2.24) is 9.78 Å². The van der Waals surface area contributed by atoms with Gasteiger partial charge >= 0.3 is 0 Å². The molecular formula is C11H17BrN2. The number of nitrogens with zero attached hydrogens (tertiary/aromatic N) is 2. The van der Waals surface area contributed by atoms with E-state index in [0.717, 1.165) is 5.92 Å². The standard InChI is InChI=1S/C11H17BrN2/c1-8-10(11(12)14(2)13-8)9-6-4-3-5-7-9/h9H,3-7H2,1-2H3. The zero-order valence-corrected chi connectivity index (χ0v) is 10.5. The van der Waals surface area contributed by atoms with Crippen molar-refractivity contribution in [2.24, 2.45) is 7.05 Å². The predicted octanol–water partition coefficient (Wildman–Crippen LogP) is 3.54. The van der Waals surface area contributed by atoms with Crippen LogP contribution in [0.3, 0.4) is 0 Å². The van der Waals surface area contributed by atoms with E-state index in [1.54, 1.807) is 0 Å². The van der Waals surface area contributed by atoms with Crippen molar-refractivity contribution in [2.75, 3.05) is 0 Å². The van der Waals surface area contributed by atoms with Gasteiger partial charge in [0.05, 0.1) is 5.69 Å². The average Bonchev–Trinajstić information content (AvgIpc) is 2.43. The van der Waals surface area contributed by atoms with Crippen molar-refractivity contribution in [3.05, 3.63) is 15.9 Å². The van der Waals surface area contributed by atoms with Crippen molar-refractivity contribution in [3.8, 4) is 0 Å².